The monoisotopic (exact) mass is 286 g/mol. The van der Waals surface area contributed by atoms with Gasteiger partial charge in [-0.15, -0.1) is 0 Å². The number of hydrogen-bond acceptors (Lipinski definition) is 2. The van der Waals surface area contributed by atoms with Gasteiger partial charge in [-0.3, -0.25) is 4.79 Å². The lowest BCUT2D eigenvalue weighted by Crippen LogP contribution is -2.13. The minimum atomic E-state index is -0.957. The Labute approximate surface area is 119 Å². The van der Waals surface area contributed by atoms with Crippen molar-refractivity contribution in [3.63, 3.8) is 0 Å². The summed E-state index contributed by atoms with van der Waals surface area (Å²) in [6.45, 7) is 0.0798. The quantitative estimate of drug-likeness (QED) is 0.738. The van der Waals surface area contributed by atoms with Gasteiger partial charge in [-0.25, -0.2) is 13.8 Å². The summed E-state index contributed by atoms with van der Waals surface area (Å²) in [5.41, 5.74) is 1.71. The molecule has 0 fully saturated rings. The summed E-state index contributed by atoms with van der Waals surface area (Å²) in [5, 5.41) is 0. The van der Waals surface area contributed by atoms with E-state index in [1.54, 1.807) is 10.9 Å². The third-order valence-electron chi connectivity index (χ3n) is 3.29. The molecule has 0 atom stereocenters. The van der Waals surface area contributed by atoms with Crippen LogP contribution in [0.25, 0.3) is 11.0 Å². The molecule has 0 radical (unpaired) electrons. The third kappa shape index (κ3) is 2.67. The summed E-state index contributed by atoms with van der Waals surface area (Å²) in [7, 11) is 0. The molecule has 0 spiro atoms. The molecular formula is C16H12F2N2O. The lowest BCUT2D eigenvalue weighted by molar-refractivity contribution is -0.119. The first-order chi connectivity index (χ1) is 10.1. The van der Waals surface area contributed by atoms with E-state index in [4.69, 9.17) is 0 Å². The first kappa shape index (κ1) is 13.4. The molecule has 21 heavy (non-hydrogen) atoms. The molecule has 3 rings (SSSR count). The molecule has 2 aromatic carbocycles. The molecule has 5 heteroatoms. The van der Waals surface area contributed by atoms with E-state index in [-0.39, 0.29) is 24.3 Å². The maximum Gasteiger partial charge on any atom is 0.162 e. The van der Waals surface area contributed by atoms with Gasteiger partial charge in [-0.1, -0.05) is 24.3 Å². The lowest BCUT2D eigenvalue weighted by atomic mass is 10.1. The van der Waals surface area contributed by atoms with Crippen molar-refractivity contribution in [2.75, 3.05) is 0 Å². The highest BCUT2D eigenvalue weighted by Crippen LogP contribution is 2.14. The Morgan fingerprint density at radius 1 is 1.10 bits per heavy atom. The summed E-state index contributed by atoms with van der Waals surface area (Å²) in [5.74, 6) is -2.10. The molecule has 0 saturated carbocycles. The number of fused-ring (bicyclic) bond motifs is 1. The molecule has 1 aromatic heterocycles. The molecule has 0 amide bonds. The van der Waals surface area contributed by atoms with E-state index in [2.05, 4.69) is 4.98 Å². The van der Waals surface area contributed by atoms with Crippen molar-refractivity contribution < 1.29 is 13.6 Å². The number of Topliss-reactive ketones (excluding diaryl/α,β-unsaturated/α-hetero) is 1. The van der Waals surface area contributed by atoms with Crippen molar-refractivity contribution in [3.8, 4) is 0 Å². The van der Waals surface area contributed by atoms with Crippen LogP contribution in [0.1, 0.15) is 5.56 Å². The van der Waals surface area contributed by atoms with Crippen LogP contribution in [-0.4, -0.2) is 15.3 Å². The van der Waals surface area contributed by atoms with E-state index in [9.17, 15) is 13.6 Å². The standard InChI is InChI=1S/C16H12F2N2O/c17-13-5-3-4-11(16(13)18)8-12(21)9-20-10-19-14-6-1-2-7-15(14)20/h1-7,10H,8-9H2. The Balaban J connectivity index is 1.79. The van der Waals surface area contributed by atoms with Crippen LogP contribution < -0.4 is 0 Å². The minimum Gasteiger partial charge on any atom is -0.323 e. The van der Waals surface area contributed by atoms with Gasteiger partial charge in [0.15, 0.2) is 17.4 Å². The van der Waals surface area contributed by atoms with E-state index >= 15 is 0 Å². The maximum atomic E-state index is 13.5. The number of nitrogens with zero attached hydrogens (tertiary/aromatic N) is 2. The van der Waals surface area contributed by atoms with Gasteiger partial charge in [0.25, 0.3) is 0 Å². The van der Waals surface area contributed by atoms with Crippen LogP contribution in [0.3, 0.4) is 0 Å². The molecule has 0 bridgehead atoms. The van der Waals surface area contributed by atoms with E-state index in [1.807, 2.05) is 24.3 Å². The van der Waals surface area contributed by atoms with Crippen LogP contribution in [0.5, 0.6) is 0 Å². The molecular weight excluding hydrogens is 274 g/mol. The number of ketones is 1. The fraction of sp³-hybridized carbons (Fsp3) is 0.125. The molecule has 0 saturated heterocycles. The Hall–Kier alpha value is -2.56. The van der Waals surface area contributed by atoms with Crippen LogP contribution >= 0.6 is 0 Å². The first-order valence-electron chi connectivity index (χ1n) is 6.49. The predicted octanol–water partition coefficient (Wildman–Crippen LogP) is 3.13. The maximum absolute atomic E-state index is 13.5. The largest absolute Gasteiger partial charge is 0.323 e. The molecule has 106 valence electrons. The van der Waals surface area contributed by atoms with Gasteiger partial charge in [0.1, 0.15) is 0 Å². The number of carbonyl (C=O) groups excluding carboxylic acids is 1. The highest BCUT2D eigenvalue weighted by Gasteiger charge is 2.13. The minimum absolute atomic E-state index is 0.0735. The zero-order valence-corrected chi connectivity index (χ0v) is 11.1. The van der Waals surface area contributed by atoms with E-state index < -0.39 is 11.6 Å². The molecule has 0 aliphatic carbocycles. The zero-order valence-electron chi connectivity index (χ0n) is 11.1. The zero-order chi connectivity index (χ0) is 14.8. The summed E-state index contributed by atoms with van der Waals surface area (Å²) in [6, 6.07) is 11.3. The summed E-state index contributed by atoms with van der Waals surface area (Å²) in [6.07, 6.45) is 1.43. The Morgan fingerprint density at radius 3 is 2.76 bits per heavy atom. The molecule has 3 nitrogen and oxygen atoms in total. The second kappa shape index (κ2) is 5.44. The van der Waals surface area contributed by atoms with Crippen LogP contribution in [0.15, 0.2) is 48.8 Å². The van der Waals surface area contributed by atoms with Crippen LogP contribution in [0.4, 0.5) is 8.78 Å². The van der Waals surface area contributed by atoms with Crippen molar-refractivity contribution in [2.24, 2.45) is 0 Å². The number of rotatable bonds is 4. The molecule has 1 heterocycles. The van der Waals surface area contributed by atoms with Crippen LogP contribution in [0.2, 0.25) is 0 Å². The number of halogens is 2. The second-order valence-electron chi connectivity index (χ2n) is 4.79. The third-order valence-corrected chi connectivity index (χ3v) is 3.29. The number of carbonyl (C=O) groups is 1. The number of aromatic nitrogens is 2. The smallest absolute Gasteiger partial charge is 0.162 e. The predicted molar refractivity (Wildman–Crippen MR) is 74.8 cm³/mol. The highest BCUT2D eigenvalue weighted by molar-refractivity contribution is 5.83. The summed E-state index contributed by atoms with van der Waals surface area (Å²) in [4.78, 5) is 16.2. The van der Waals surface area contributed by atoms with Crippen LogP contribution in [0, 0.1) is 11.6 Å². The van der Waals surface area contributed by atoms with Crippen LogP contribution in [-0.2, 0) is 17.8 Å². The first-order valence-corrected chi connectivity index (χ1v) is 6.49. The van der Waals surface area contributed by atoms with Crippen molar-refractivity contribution in [2.45, 2.75) is 13.0 Å². The number of imidazole rings is 1. The number of hydrogen-bond donors (Lipinski definition) is 0. The SMILES string of the molecule is O=C(Cc1cccc(F)c1F)Cn1cnc2ccccc21. The van der Waals surface area contributed by atoms with Crippen molar-refractivity contribution in [1.82, 2.24) is 9.55 Å². The van der Waals surface area contributed by atoms with Crippen molar-refractivity contribution in [1.29, 1.82) is 0 Å². The molecule has 3 aromatic rings. The van der Waals surface area contributed by atoms with Gasteiger partial charge >= 0.3 is 0 Å². The average Bonchev–Trinajstić information content (AvgIpc) is 2.87. The second-order valence-corrected chi connectivity index (χ2v) is 4.79. The molecule has 0 N–H and O–H groups in total. The Bertz CT molecular complexity index is 811. The normalized spacial score (nSPS) is 11.0. The van der Waals surface area contributed by atoms with Crippen molar-refractivity contribution in [3.05, 3.63) is 66.0 Å². The lowest BCUT2D eigenvalue weighted by Gasteiger charge is -2.05. The van der Waals surface area contributed by atoms with E-state index in [0.717, 1.165) is 17.1 Å². The van der Waals surface area contributed by atoms with Gasteiger partial charge in [0, 0.05) is 6.42 Å². The number of para-hydroxylation sites is 2. The van der Waals surface area contributed by atoms with Gasteiger partial charge in [0.05, 0.1) is 23.9 Å². The topological polar surface area (TPSA) is 34.9 Å². The molecule has 0 unspecified atom stereocenters. The average molecular weight is 286 g/mol. The highest BCUT2D eigenvalue weighted by atomic mass is 19.2. The van der Waals surface area contributed by atoms with Gasteiger partial charge < -0.3 is 4.57 Å². The Kier molecular flexibility index (Phi) is 3.48. The summed E-state index contributed by atoms with van der Waals surface area (Å²) < 4.78 is 28.4. The van der Waals surface area contributed by atoms with Gasteiger partial charge in [-0.05, 0) is 23.8 Å². The number of benzene rings is 2. The van der Waals surface area contributed by atoms with Gasteiger partial charge in [0.2, 0.25) is 0 Å². The summed E-state index contributed by atoms with van der Waals surface area (Å²) >= 11 is 0. The Morgan fingerprint density at radius 2 is 1.90 bits per heavy atom. The molecule has 0 aliphatic heterocycles. The fourth-order valence-electron chi connectivity index (χ4n) is 2.28. The van der Waals surface area contributed by atoms with E-state index in [0.29, 0.717) is 0 Å². The fourth-order valence-corrected chi connectivity index (χ4v) is 2.28. The van der Waals surface area contributed by atoms with Crippen molar-refractivity contribution >= 4 is 16.8 Å². The van der Waals surface area contributed by atoms with E-state index in [1.165, 1.54) is 12.1 Å². The van der Waals surface area contributed by atoms with Gasteiger partial charge in [-0.2, -0.15) is 0 Å². The molecule has 0 aliphatic rings.